The number of hydrogen-bond donors (Lipinski definition) is 1. The summed E-state index contributed by atoms with van der Waals surface area (Å²) in [5, 5.41) is 3.54. The Balaban J connectivity index is 2.01. The summed E-state index contributed by atoms with van der Waals surface area (Å²) in [4.78, 5) is 0. The molecule has 1 N–H and O–H groups in total. The SMILES string of the molecule is CCCCCCCCCCNc1cc(C)cc(C)c1. The van der Waals surface area contributed by atoms with E-state index in [1.807, 2.05) is 0 Å². The van der Waals surface area contributed by atoms with Gasteiger partial charge in [-0.2, -0.15) is 0 Å². The summed E-state index contributed by atoms with van der Waals surface area (Å²) in [6.45, 7) is 7.71. The second kappa shape index (κ2) is 9.89. The molecule has 0 aliphatic rings. The molecule has 1 nitrogen and oxygen atoms in total. The fraction of sp³-hybridized carbons (Fsp3) is 0.667. The van der Waals surface area contributed by atoms with E-state index < -0.39 is 0 Å². The molecule has 0 saturated carbocycles. The molecule has 0 amide bonds. The summed E-state index contributed by atoms with van der Waals surface area (Å²) in [5.74, 6) is 0. The van der Waals surface area contributed by atoms with Crippen LogP contribution in [0.1, 0.15) is 69.4 Å². The average Bonchev–Trinajstić information content (AvgIpc) is 2.36. The van der Waals surface area contributed by atoms with Crippen LogP contribution in [0.2, 0.25) is 0 Å². The van der Waals surface area contributed by atoms with Crippen LogP contribution in [0.3, 0.4) is 0 Å². The van der Waals surface area contributed by atoms with Gasteiger partial charge in [-0.15, -0.1) is 0 Å². The number of nitrogens with one attached hydrogen (secondary N) is 1. The van der Waals surface area contributed by atoms with E-state index in [1.54, 1.807) is 0 Å². The third kappa shape index (κ3) is 7.92. The van der Waals surface area contributed by atoms with Gasteiger partial charge in [0.25, 0.3) is 0 Å². The van der Waals surface area contributed by atoms with Crippen molar-refractivity contribution >= 4 is 5.69 Å². The lowest BCUT2D eigenvalue weighted by atomic mass is 10.1. The van der Waals surface area contributed by atoms with E-state index in [-0.39, 0.29) is 0 Å². The van der Waals surface area contributed by atoms with Crippen molar-refractivity contribution in [2.75, 3.05) is 11.9 Å². The second-order valence-electron chi connectivity index (χ2n) is 5.78. The first-order chi connectivity index (χ1) is 9.22. The summed E-state index contributed by atoms with van der Waals surface area (Å²) in [6.07, 6.45) is 11.1. The quantitative estimate of drug-likeness (QED) is 0.520. The number of benzene rings is 1. The minimum absolute atomic E-state index is 1.11. The van der Waals surface area contributed by atoms with Crippen molar-refractivity contribution in [1.29, 1.82) is 0 Å². The highest BCUT2D eigenvalue weighted by atomic mass is 14.9. The average molecular weight is 261 g/mol. The molecule has 0 bridgehead atoms. The fourth-order valence-electron chi connectivity index (χ4n) is 2.57. The molecule has 0 spiro atoms. The van der Waals surface area contributed by atoms with Crippen LogP contribution in [-0.2, 0) is 0 Å². The molecule has 1 aromatic rings. The van der Waals surface area contributed by atoms with Crippen molar-refractivity contribution in [2.45, 2.75) is 72.1 Å². The van der Waals surface area contributed by atoms with E-state index in [9.17, 15) is 0 Å². The first-order valence-electron chi connectivity index (χ1n) is 8.04. The van der Waals surface area contributed by atoms with Crippen molar-refractivity contribution in [1.82, 2.24) is 0 Å². The van der Waals surface area contributed by atoms with Crippen molar-refractivity contribution in [2.24, 2.45) is 0 Å². The van der Waals surface area contributed by atoms with Crippen LogP contribution in [0, 0.1) is 13.8 Å². The van der Waals surface area contributed by atoms with Crippen molar-refractivity contribution in [3.05, 3.63) is 29.3 Å². The molecular formula is C18H31N. The summed E-state index contributed by atoms with van der Waals surface area (Å²) >= 11 is 0. The van der Waals surface area contributed by atoms with E-state index >= 15 is 0 Å². The Hall–Kier alpha value is -0.980. The number of aryl methyl sites for hydroxylation is 2. The van der Waals surface area contributed by atoms with Gasteiger partial charge in [0.15, 0.2) is 0 Å². The van der Waals surface area contributed by atoms with Gasteiger partial charge >= 0.3 is 0 Å². The lowest BCUT2D eigenvalue weighted by molar-refractivity contribution is 0.581. The monoisotopic (exact) mass is 261 g/mol. The van der Waals surface area contributed by atoms with Gasteiger partial charge in [-0.25, -0.2) is 0 Å². The van der Waals surface area contributed by atoms with E-state index in [2.05, 4.69) is 44.3 Å². The van der Waals surface area contributed by atoms with Gasteiger partial charge in [-0.05, 0) is 43.5 Å². The maximum absolute atomic E-state index is 3.54. The Morgan fingerprint density at radius 2 is 1.26 bits per heavy atom. The summed E-state index contributed by atoms with van der Waals surface area (Å²) in [7, 11) is 0. The topological polar surface area (TPSA) is 12.0 Å². The van der Waals surface area contributed by atoms with Crippen molar-refractivity contribution < 1.29 is 0 Å². The van der Waals surface area contributed by atoms with E-state index in [0.717, 1.165) is 6.54 Å². The third-order valence-corrected chi connectivity index (χ3v) is 3.58. The minimum atomic E-state index is 1.11. The lowest BCUT2D eigenvalue weighted by Gasteiger charge is -2.08. The molecule has 108 valence electrons. The first kappa shape index (κ1) is 16.1. The Morgan fingerprint density at radius 1 is 0.737 bits per heavy atom. The predicted molar refractivity (Wildman–Crippen MR) is 87.0 cm³/mol. The molecule has 1 rings (SSSR count). The van der Waals surface area contributed by atoms with Gasteiger partial charge in [0.2, 0.25) is 0 Å². The largest absolute Gasteiger partial charge is 0.385 e. The van der Waals surface area contributed by atoms with Gasteiger partial charge in [-0.1, -0.05) is 57.9 Å². The normalized spacial score (nSPS) is 10.7. The number of rotatable bonds is 10. The summed E-state index contributed by atoms with van der Waals surface area (Å²) in [5.41, 5.74) is 3.97. The standard InChI is InChI=1S/C18H31N/c1-4-5-6-7-8-9-10-11-12-19-18-14-16(2)13-17(3)15-18/h13-15,19H,4-12H2,1-3H3. The second-order valence-corrected chi connectivity index (χ2v) is 5.78. The van der Waals surface area contributed by atoms with Crippen LogP contribution >= 0.6 is 0 Å². The maximum Gasteiger partial charge on any atom is 0.0345 e. The molecule has 1 aromatic carbocycles. The Bertz CT molecular complexity index is 323. The molecule has 0 atom stereocenters. The minimum Gasteiger partial charge on any atom is -0.385 e. The zero-order chi connectivity index (χ0) is 13.9. The van der Waals surface area contributed by atoms with Gasteiger partial charge < -0.3 is 5.32 Å². The summed E-state index contributed by atoms with van der Waals surface area (Å²) < 4.78 is 0. The highest BCUT2D eigenvalue weighted by molar-refractivity contribution is 5.48. The molecule has 1 heteroatoms. The van der Waals surface area contributed by atoms with Crippen LogP contribution in [0.15, 0.2) is 18.2 Å². The van der Waals surface area contributed by atoms with Crippen molar-refractivity contribution in [3.63, 3.8) is 0 Å². The molecule has 19 heavy (non-hydrogen) atoms. The van der Waals surface area contributed by atoms with Crippen LogP contribution < -0.4 is 5.32 Å². The van der Waals surface area contributed by atoms with Crippen LogP contribution in [0.4, 0.5) is 5.69 Å². The molecule has 0 aliphatic heterocycles. The first-order valence-corrected chi connectivity index (χ1v) is 8.04. The predicted octanol–water partition coefficient (Wildman–Crippen LogP) is 5.86. The Kier molecular flexibility index (Phi) is 8.36. The van der Waals surface area contributed by atoms with Crippen LogP contribution in [0.25, 0.3) is 0 Å². The number of anilines is 1. The zero-order valence-corrected chi connectivity index (χ0v) is 13.1. The van der Waals surface area contributed by atoms with E-state index in [1.165, 1.54) is 68.2 Å². The highest BCUT2D eigenvalue weighted by Gasteiger charge is 1.95. The Morgan fingerprint density at radius 3 is 1.84 bits per heavy atom. The maximum atomic E-state index is 3.54. The highest BCUT2D eigenvalue weighted by Crippen LogP contribution is 2.14. The Labute approximate surface area is 119 Å². The van der Waals surface area contributed by atoms with Gasteiger partial charge in [-0.3, -0.25) is 0 Å². The molecule has 0 aromatic heterocycles. The van der Waals surface area contributed by atoms with Gasteiger partial charge in [0.1, 0.15) is 0 Å². The summed E-state index contributed by atoms with van der Waals surface area (Å²) in [6, 6.07) is 6.69. The fourth-order valence-corrected chi connectivity index (χ4v) is 2.57. The van der Waals surface area contributed by atoms with Crippen LogP contribution in [-0.4, -0.2) is 6.54 Å². The number of unbranched alkanes of at least 4 members (excludes halogenated alkanes) is 7. The van der Waals surface area contributed by atoms with E-state index in [4.69, 9.17) is 0 Å². The number of hydrogen-bond acceptors (Lipinski definition) is 1. The van der Waals surface area contributed by atoms with Gasteiger partial charge in [0, 0.05) is 12.2 Å². The molecular weight excluding hydrogens is 230 g/mol. The molecule has 0 radical (unpaired) electrons. The smallest absolute Gasteiger partial charge is 0.0345 e. The molecule has 0 heterocycles. The lowest BCUT2D eigenvalue weighted by Crippen LogP contribution is -2.01. The van der Waals surface area contributed by atoms with Crippen LogP contribution in [0.5, 0.6) is 0 Å². The third-order valence-electron chi connectivity index (χ3n) is 3.58. The molecule has 0 unspecified atom stereocenters. The molecule has 0 fully saturated rings. The van der Waals surface area contributed by atoms with Crippen molar-refractivity contribution in [3.8, 4) is 0 Å². The van der Waals surface area contributed by atoms with Gasteiger partial charge in [0.05, 0.1) is 0 Å². The molecule has 0 aliphatic carbocycles. The molecule has 0 saturated heterocycles. The zero-order valence-electron chi connectivity index (χ0n) is 13.1. The van der Waals surface area contributed by atoms with E-state index in [0.29, 0.717) is 0 Å².